The van der Waals surface area contributed by atoms with E-state index in [0.29, 0.717) is 35.2 Å². The average Bonchev–Trinajstić information content (AvgIpc) is 3.22. The van der Waals surface area contributed by atoms with Gasteiger partial charge in [-0.05, 0) is 36.5 Å². The van der Waals surface area contributed by atoms with E-state index in [9.17, 15) is 9.59 Å². The molecule has 7 rings (SSSR count). The number of carbonyl (C=O) groups excluding carboxylic acids is 2. The first-order valence-corrected chi connectivity index (χ1v) is 8.61. The Morgan fingerprint density at radius 3 is 1.64 bits per heavy atom. The zero-order valence-electron chi connectivity index (χ0n) is 12.2. The normalized spacial score (nSPS) is 60.2. The molecule has 0 radical (unpaired) electrons. The van der Waals surface area contributed by atoms with Gasteiger partial charge in [-0.2, -0.15) is 0 Å². The van der Waals surface area contributed by atoms with Gasteiger partial charge in [-0.3, -0.25) is 9.59 Å². The van der Waals surface area contributed by atoms with E-state index in [0.717, 1.165) is 24.0 Å². The number of hydrogen-bond acceptors (Lipinski definition) is 2. The molecule has 8 atom stereocenters. The summed E-state index contributed by atoms with van der Waals surface area (Å²) < 4.78 is 0. The summed E-state index contributed by atoms with van der Waals surface area (Å²) in [5.41, 5.74) is 1.07. The summed E-state index contributed by atoms with van der Waals surface area (Å²) >= 11 is 0. The molecule has 0 aromatic carbocycles. The molecule has 2 heteroatoms. The van der Waals surface area contributed by atoms with E-state index in [1.54, 1.807) is 0 Å². The van der Waals surface area contributed by atoms with Gasteiger partial charge in [0, 0.05) is 23.0 Å². The van der Waals surface area contributed by atoms with Gasteiger partial charge in [0.15, 0.2) is 11.6 Å². The molecule has 2 nitrogen and oxygen atoms in total. The van der Waals surface area contributed by atoms with Crippen molar-refractivity contribution in [2.24, 2.45) is 46.3 Å². The van der Waals surface area contributed by atoms with E-state index in [1.165, 1.54) is 0 Å². The number of fused-ring (bicyclic) bond motifs is 7. The van der Waals surface area contributed by atoms with Crippen molar-refractivity contribution in [2.45, 2.75) is 12.8 Å². The van der Waals surface area contributed by atoms with E-state index < -0.39 is 0 Å². The molecule has 0 unspecified atom stereocenters. The van der Waals surface area contributed by atoms with Crippen molar-refractivity contribution < 1.29 is 9.59 Å². The molecule has 7 aliphatic rings. The fraction of sp³-hybridized carbons (Fsp3) is 0.500. The topological polar surface area (TPSA) is 34.1 Å². The van der Waals surface area contributed by atoms with E-state index in [2.05, 4.69) is 36.5 Å². The van der Waals surface area contributed by atoms with Crippen LogP contribution in [-0.2, 0) is 9.59 Å². The van der Waals surface area contributed by atoms with Crippen molar-refractivity contribution >= 4 is 11.6 Å². The van der Waals surface area contributed by atoms with Crippen LogP contribution in [0.15, 0.2) is 47.6 Å². The van der Waals surface area contributed by atoms with Crippen molar-refractivity contribution in [3.63, 3.8) is 0 Å². The zero-order chi connectivity index (χ0) is 14.4. The predicted octanol–water partition coefficient (Wildman–Crippen LogP) is 2.64. The molecular weight excluding hydrogens is 272 g/mol. The quantitative estimate of drug-likeness (QED) is 0.642. The van der Waals surface area contributed by atoms with E-state index in [1.807, 2.05) is 0 Å². The first kappa shape index (κ1) is 10.9. The molecular formula is C20H16O2. The van der Waals surface area contributed by atoms with Gasteiger partial charge < -0.3 is 0 Å². The number of allylic oxidation sites excluding steroid dienone is 8. The van der Waals surface area contributed by atoms with Crippen LogP contribution in [0.1, 0.15) is 12.8 Å². The Morgan fingerprint density at radius 1 is 0.682 bits per heavy atom. The first-order valence-electron chi connectivity index (χ1n) is 8.61. The maximum absolute atomic E-state index is 13.7. The minimum atomic E-state index is -0.389. The van der Waals surface area contributed by atoms with Crippen LogP contribution >= 0.6 is 0 Å². The number of hydrogen-bond donors (Lipinski definition) is 0. The summed E-state index contributed by atoms with van der Waals surface area (Å²) in [6.45, 7) is 0. The Morgan fingerprint density at radius 2 is 1.18 bits per heavy atom. The van der Waals surface area contributed by atoms with Crippen LogP contribution in [0.25, 0.3) is 0 Å². The SMILES string of the molecule is O=C1C2=C(C(=O)[C@]34[C@@H]5C=C[C@@H](C5)[C@]13[C@@H]1C=C[C@@H]14)[C@@H]1C=C[C@H]2C1. The summed E-state index contributed by atoms with van der Waals surface area (Å²) in [6.07, 6.45) is 15.3. The Hall–Kier alpha value is -1.70. The van der Waals surface area contributed by atoms with Crippen LogP contribution in [-0.4, -0.2) is 11.6 Å². The standard InChI is InChI=1S/C20H16O2/c21-17-15-9-1-2-10(7-9)16(15)18(22)20-12-4-3-11(8-12)19(17,20)13-5-6-14(13)20/h1-6,9-14H,7-8H2/t9-,10+,11-,12+,13+,14-,19-,20+. The van der Waals surface area contributed by atoms with Crippen LogP contribution in [0, 0.1) is 46.3 Å². The molecule has 0 aliphatic heterocycles. The van der Waals surface area contributed by atoms with Crippen molar-refractivity contribution in [1.82, 2.24) is 0 Å². The van der Waals surface area contributed by atoms with Crippen LogP contribution in [0.2, 0.25) is 0 Å². The molecule has 2 saturated carbocycles. The van der Waals surface area contributed by atoms with Crippen molar-refractivity contribution in [2.75, 3.05) is 0 Å². The molecule has 108 valence electrons. The van der Waals surface area contributed by atoms with Crippen LogP contribution in [0.4, 0.5) is 0 Å². The third kappa shape index (κ3) is 0.672. The maximum atomic E-state index is 13.7. The minimum absolute atomic E-state index is 0.232. The molecule has 0 amide bonds. The van der Waals surface area contributed by atoms with Gasteiger partial charge in [0.1, 0.15) is 0 Å². The number of carbonyl (C=O) groups is 2. The highest BCUT2D eigenvalue weighted by molar-refractivity contribution is 6.22. The molecule has 2 fully saturated rings. The monoisotopic (exact) mass is 288 g/mol. The number of ketones is 2. The Balaban J connectivity index is 1.59. The molecule has 4 bridgehead atoms. The van der Waals surface area contributed by atoms with Gasteiger partial charge in [0.2, 0.25) is 0 Å². The first-order chi connectivity index (χ1) is 10.7. The van der Waals surface area contributed by atoms with Gasteiger partial charge in [0.05, 0.1) is 10.8 Å². The van der Waals surface area contributed by atoms with Crippen molar-refractivity contribution in [3.8, 4) is 0 Å². The van der Waals surface area contributed by atoms with Gasteiger partial charge in [-0.1, -0.05) is 36.5 Å². The molecule has 0 N–H and O–H groups in total. The lowest BCUT2D eigenvalue weighted by molar-refractivity contribution is -0.200. The lowest BCUT2D eigenvalue weighted by Gasteiger charge is -2.72. The van der Waals surface area contributed by atoms with Crippen molar-refractivity contribution in [1.29, 1.82) is 0 Å². The molecule has 0 saturated heterocycles. The van der Waals surface area contributed by atoms with Gasteiger partial charge in [-0.15, -0.1) is 0 Å². The van der Waals surface area contributed by atoms with E-state index in [4.69, 9.17) is 0 Å². The van der Waals surface area contributed by atoms with Gasteiger partial charge in [0.25, 0.3) is 0 Å². The summed E-state index contributed by atoms with van der Waals surface area (Å²) in [5, 5.41) is 0. The molecule has 0 aromatic rings. The fourth-order valence-corrected chi connectivity index (χ4v) is 7.71. The summed E-state index contributed by atoms with van der Waals surface area (Å²) in [5.74, 6) is 2.46. The van der Waals surface area contributed by atoms with Crippen molar-refractivity contribution in [3.05, 3.63) is 47.6 Å². The Labute approximate surface area is 128 Å². The zero-order valence-corrected chi connectivity index (χ0v) is 12.2. The molecule has 22 heavy (non-hydrogen) atoms. The largest absolute Gasteiger partial charge is 0.294 e. The molecule has 0 aromatic heterocycles. The van der Waals surface area contributed by atoms with E-state index >= 15 is 0 Å². The number of Topliss-reactive ketones (excluding diaryl/α,β-unsaturated/α-hetero) is 2. The lowest BCUT2D eigenvalue weighted by atomic mass is 9.27. The third-order valence-electron chi connectivity index (χ3n) is 8.26. The number of rotatable bonds is 0. The molecule has 0 spiro atoms. The second-order valence-electron chi connectivity index (χ2n) is 8.33. The van der Waals surface area contributed by atoms with Gasteiger partial charge in [-0.25, -0.2) is 0 Å². The van der Waals surface area contributed by atoms with Crippen LogP contribution in [0.5, 0.6) is 0 Å². The highest BCUT2D eigenvalue weighted by atomic mass is 16.1. The van der Waals surface area contributed by atoms with Gasteiger partial charge >= 0.3 is 0 Å². The predicted molar refractivity (Wildman–Crippen MR) is 79.5 cm³/mol. The second kappa shape index (κ2) is 2.77. The molecule has 0 heterocycles. The average molecular weight is 288 g/mol. The summed E-state index contributed by atoms with van der Waals surface area (Å²) in [6, 6.07) is 0. The highest BCUT2D eigenvalue weighted by Gasteiger charge is 2.88. The minimum Gasteiger partial charge on any atom is -0.294 e. The van der Waals surface area contributed by atoms with Crippen LogP contribution < -0.4 is 0 Å². The third-order valence-corrected chi connectivity index (χ3v) is 8.26. The highest BCUT2D eigenvalue weighted by Crippen LogP contribution is 2.85. The Bertz CT molecular complexity index is 776. The fourth-order valence-electron chi connectivity index (χ4n) is 7.71. The summed E-state index contributed by atoms with van der Waals surface area (Å²) in [4.78, 5) is 27.3. The lowest BCUT2D eigenvalue weighted by Crippen LogP contribution is -2.77. The van der Waals surface area contributed by atoms with Crippen LogP contribution in [0.3, 0.4) is 0 Å². The molecule has 7 aliphatic carbocycles. The smallest absolute Gasteiger partial charge is 0.168 e. The Kier molecular flexibility index (Phi) is 1.38. The maximum Gasteiger partial charge on any atom is 0.168 e. The van der Waals surface area contributed by atoms with E-state index in [-0.39, 0.29) is 22.7 Å². The summed E-state index contributed by atoms with van der Waals surface area (Å²) in [7, 11) is 0. The second-order valence-corrected chi connectivity index (χ2v) is 8.33.